The van der Waals surface area contributed by atoms with Crippen molar-refractivity contribution in [2.24, 2.45) is 4.99 Å². The molecular weight excluding hydrogens is 367 g/mol. The molecular formula is C14H31IN4O. The van der Waals surface area contributed by atoms with Crippen molar-refractivity contribution in [2.75, 3.05) is 52.5 Å². The Kier molecular flexibility index (Phi) is 13.8. The van der Waals surface area contributed by atoms with Gasteiger partial charge in [0.25, 0.3) is 0 Å². The number of guanidine groups is 1. The second kappa shape index (κ2) is 13.9. The lowest BCUT2D eigenvalue weighted by Crippen LogP contribution is -2.38. The van der Waals surface area contributed by atoms with E-state index in [-0.39, 0.29) is 24.0 Å². The van der Waals surface area contributed by atoms with Crippen molar-refractivity contribution >= 4 is 29.9 Å². The largest absolute Gasteiger partial charge is 0.379 e. The van der Waals surface area contributed by atoms with Crippen molar-refractivity contribution in [3.63, 3.8) is 0 Å². The van der Waals surface area contributed by atoms with Crippen LogP contribution < -0.4 is 10.6 Å². The lowest BCUT2D eigenvalue weighted by molar-refractivity contribution is 0.0377. The van der Waals surface area contributed by atoms with Crippen LogP contribution in [0.25, 0.3) is 0 Å². The van der Waals surface area contributed by atoms with Crippen LogP contribution in [0, 0.1) is 0 Å². The van der Waals surface area contributed by atoms with Gasteiger partial charge in [-0.05, 0) is 19.8 Å². The summed E-state index contributed by atoms with van der Waals surface area (Å²) >= 11 is 0. The van der Waals surface area contributed by atoms with E-state index in [1.165, 1.54) is 12.8 Å². The van der Waals surface area contributed by atoms with E-state index >= 15 is 0 Å². The standard InChI is InChI=1S/C14H30N4O.HI/c1-3-5-7-16-14(15-4-2)17-8-6-9-18-10-12-19-13-11-18;/h3-13H2,1-2H3,(H2,15,16,17);1H. The van der Waals surface area contributed by atoms with Crippen LogP contribution in [0.15, 0.2) is 4.99 Å². The summed E-state index contributed by atoms with van der Waals surface area (Å²) in [4.78, 5) is 7.06. The fraction of sp³-hybridized carbons (Fsp3) is 0.929. The molecule has 1 saturated heterocycles. The molecule has 1 aliphatic rings. The molecule has 5 nitrogen and oxygen atoms in total. The van der Waals surface area contributed by atoms with E-state index in [1.54, 1.807) is 0 Å². The molecule has 0 unspecified atom stereocenters. The number of nitrogens with zero attached hydrogens (tertiary/aromatic N) is 2. The first kappa shape index (κ1) is 19.9. The number of hydrogen-bond acceptors (Lipinski definition) is 3. The first-order valence-electron chi connectivity index (χ1n) is 7.69. The fourth-order valence-corrected chi connectivity index (χ4v) is 2.04. The van der Waals surface area contributed by atoms with Gasteiger partial charge in [-0.3, -0.25) is 9.89 Å². The van der Waals surface area contributed by atoms with Crippen molar-refractivity contribution in [3.8, 4) is 0 Å². The van der Waals surface area contributed by atoms with Gasteiger partial charge < -0.3 is 15.4 Å². The SMILES string of the molecule is CCCCNC(=NCCCN1CCOCC1)NCC.I. The Labute approximate surface area is 140 Å². The number of unbranched alkanes of at least 4 members (excludes halogenated alkanes) is 1. The number of morpholine rings is 1. The minimum absolute atomic E-state index is 0. The van der Waals surface area contributed by atoms with Crippen LogP contribution in [-0.4, -0.2) is 63.3 Å². The van der Waals surface area contributed by atoms with Crippen LogP contribution in [0.4, 0.5) is 0 Å². The Balaban J connectivity index is 0.00000361. The van der Waals surface area contributed by atoms with Crippen molar-refractivity contribution in [1.82, 2.24) is 15.5 Å². The van der Waals surface area contributed by atoms with Crippen LogP contribution in [-0.2, 0) is 4.74 Å². The molecule has 0 aromatic carbocycles. The summed E-state index contributed by atoms with van der Waals surface area (Å²) in [5.74, 6) is 0.956. The molecule has 2 N–H and O–H groups in total. The third-order valence-corrected chi connectivity index (χ3v) is 3.17. The smallest absolute Gasteiger partial charge is 0.191 e. The second-order valence-corrected chi connectivity index (χ2v) is 4.85. The number of rotatable bonds is 8. The molecule has 0 amide bonds. The molecule has 1 aliphatic heterocycles. The lowest BCUT2D eigenvalue weighted by atomic mass is 10.3. The average molecular weight is 398 g/mol. The van der Waals surface area contributed by atoms with Crippen molar-refractivity contribution in [3.05, 3.63) is 0 Å². The topological polar surface area (TPSA) is 48.9 Å². The summed E-state index contributed by atoms with van der Waals surface area (Å²) in [7, 11) is 0. The van der Waals surface area contributed by atoms with Gasteiger partial charge in [-0.25, -0.2) is 0 Å². The van der Waals surface area contributed by atoms with E-state index in [0.717, 1.165) is 64.9 Å². The van der Waals surface area contributed by atoms with Crippen molar-refractivity contribution in [1.29, 1.82) is 0 Å². The molecule has 0 saturated carbocycles. The fourth-order valence-electron chi connectivity index (χ4n) is 2.04. The number of nitrogens with one attached hydrogen (secondary N) is 2. The molecule has 0 atom stereocenters. The van der Waals surface area contributed by atoms with Crippen molar-refractivity contribution < 1.29 is 4.74 Å². The maximum Gasteiger partial charge on any atom is 0.191 e. The van der Waals surface area contributed by atoms with Gasteiger partial charge in [0.1, 0.15) is 0 Å². The molecule has 120 valence electrons. The normalized spacial score (nSPS) is 16.6. The highest BCUT2D eigenvalue weighted by Crippen LogP contribution is 1.98. The summed E-state index contributed by atoms with van der Waals surface area (Å²) in [6, 6.07) is 0. The minimum Gasteiger partial charge on any atom is -0.379 e. The summed E-state index contributed by atoms with van der Waals surface area (Å²) in [5, 5.41) is 6.65. The van der Waals surface area contributed by atoms with Gasteiger partial charge in [-0.1, -0.05) is 13.3 Å². The zero-order valence-corrected chi connectivity index (χ0v) is 15.3. The third-order valence-electron chi connectivity index (χ3n) is 3.17. The number of halogens is 1. The third kappa shape index (κ3) is 9.77. The van der Waals surface area contributed by atoms with Gasteiger partial charge in [-0.15, -0.1) is 24.0 Å². The summed E-state index contributed by atoms with van der Waals surface area (Å²) < 4.78 is 5.34. The first-order chi connectivity index (χ1) is 9.36. The molecule has 1 rings (SSSR count). The molecule has 1 heterocycles. The number of ether oxygens (including phenoxy) is 1. The quantitative estimate of drug-likeness (QED) is 0.283. The molecule has 20 heavy (non-hydrogen) atoms. The average Bonchev–Trinajstić information content (AvgIpc) is 2.45. The summed E-state index contributed by atoms with van der Waals surface area (Å²) in [6.45, 7) is 12.1. The Hall–Kier alpha value is -0.0800. The summed E-state index contributed by atoms with van der Waals surface area (Å²) in [5.41, 5.74) is 0. The van der Waals surface area contributed by atoms with E-state index in [2.05, 4.69) is 34.4 Å². The van der Waals surface area contributed by atoms with E-state index < -0.39 is 0 Å². The Bertz CT molecular complexity index is 245. The van der Waals surface area contributed by atoms with E-state index in [1.807, 2.05) is 0 Å². The molecule has 1 fully saturated rings. The Morgan fingerprint density at radius 3 is 2.55 bits per heavy atom. The van der Waals surface area contributed by atoms with Crippen LogP contribution in [0.5, 0.6) is 0 Å². The lowest BCUT2D eigenvalue weighted by Gasteiger charge is -2.26. The van der Waals surface area contributed by atoms with E-state index in [4.69, 9.17) is 4.74 Å². The molecule has 0 spiro atoms. The maximum atomic E-state index is 5.34. The minimum atomic E-state index is 0. The van der Waals surface area contributed by atoms with Crippen LogP contribution in [0.3, 0.4) is 0 Å². The molecule has 0 aliphatic carbocycles. The highest BCUT2D eigenvalue weighted by atomic mass is 127. The Morgan fingerprint density at radius 1 is 1.15 bits per heavy atom. The second-order valence-electron chi connectivity index (χ2n) is 4.85. The molecule has 6 heteroatoms. The highest BCUT2D eigenvalue weighted by molar-refractivity contribution is 14.0. The van der Waals surface area contributed by atoms with Gasteiger partial charge in [-0.2, -0.15) is 0 Å². The van der Waals surface area contributed by atoms with Gasteiger partial charge in [0, 0.05) is 39.3 Å². The molecule has 0 aromatic heterocycles. The van der Waals surface area contributed by atoms with Gasteiger partial charge in [0.05, 0.1) is 13.2 Å². The predicted octanol–water partition coefficient (Wildman–Crippen LogP) is 1.68. The highest BCUT2D eigenvalue weighted by Gasteiger charge is 2.08. The van der Waals surface area contributed by atoms with Gasteiger partial charge in [0.15, 0.2) is 5.96 Å². The number of aliphatic imine (C=N–C) groups is 1. The predicted molar refractivity (Wildman–Crippen MR) is 96.2 cm³/mol. The summed E-state index contributed by atoms with van der Waals surface area (Å²) in [6.07, 6.45) is 3.52. The van der Waals surface area contributed by atoms with Gasteiger partial charge >= 0.3 is 0 Å². The van der Waals surface area contributed by atoms with Crippen LogP contribution >= 0.6 is 24.0 Å². The monoisotopic (exact) mass is 398 g/mol. The Morgan fingerprint density at radius 2 is 1.90 bits per heavy atom. The zero-order valence-electron chi connectivity index (χ0n) is 13.0. The maximum absolute atomic E-state index is 5.34. The zero-order chi connectivity index (χ0) is 13.8. The number of hydrogen-bond donors (Lipinski definition) is 2. The molecule has 0 bridgehead atoms. The van der Waals surface area contributed by atoms with Crippen LogP contribution in [0.1, 0.15) is 33.1 Å². The molecule has 0 aromatic rings. The van der Waals surface area contributed by atoms with Gasteiger partial charge in [0.2, 0.25) is 0 Å². The van der Waals surface area contributed by atoms with Crippen LogP contribution in [0.2, 0.25) is 0 Å². The van der Waals surface area contributed by atoms with E-state index in [9.17, 15) is 0 Å². The van der Waals surface area contributed by atoms with Crippen molar-refractivity contribution in [2.45, 2.75) is 33.1 Å². The molecule has 0 radical (unpaired) electrons. The first-order valence-corrected chi connectivity index (χ1v) is 7.69. The van der Waals surface area contributed by atoms with E-state index in [0.29, 0.717) is 0 Å².